The van der Waals surface area contributed by atoms with Gasteiger partial charge in [0.1, 0.15) is 17.2 Å². The molecule has 268 valence electrons. The summed E-state index contributed by atoms with van der Waals surface area (Å²) in [6.45, 7) is 11.7. The van der Waals surface area contributed by atoms with Crippen LogP contribution in [0.15, 0.2) is 36.4 Å². The normalized spacial score (nSPS) is 19.8. The molecule has 2 N–H and O–H groups in total. The van der Waals surface area contributed by atoms with Gasteiger partial charge in [0.2, 0.25) is 11.7 Å². The second-order valence-electron chi connectivity index (χ2n) is 14.2. The smallest absolute Gasteiger partial charge is 0.435 e. The maximum Gasteiger partial charge on any atom is 0.435 e. The Morgan fingerprint density at radius 3 is 2.43 bits per heavy atom. The van der Waals surface area contributed by atoms with Gasteiger partial charge in [-0.2, -0.15) is 4.68 Å². The van der Waals surface area contributed by atoms with Crippen molar-refractivity contribution in [2.24, 2.45) is 0 Å². The number of aromatic nitrogens is 4. The van der Waals surface area contributed by atoms with Crippen molar-refractivity contribution in [1.82, 2.24) is 19.7 Å². The zero-order chi connectivity index (χ0) is 36.4. The summed E-state index contributed by atoms with van der Waals surface area (Å²) in [5.74, 6) is 2.01. The number of nitrogens with one attached hydrogen (secondary N) is 1. The average molecular weight is 700 g/mol. The lowest BCUT2D eigenvalue weighted by Crippen LogP contribution is -2.37. The van der Waals surface area contributed by atoms with Crippen molar-refractivity contribution >= 4 is 52.1 Å². The second kappa shape index (κ2) is 12.4. The molecule has 1 aliphatic carbocycles. The Balaban J connectivity index is 1.33. The maximum atomic E-state index is 13.8. The number of carboxylic acid groups (broad SMARTS) is 1. The Morgan fingerprint density at radius 2 is 1.78 bits per heavy atom. The van der Waals surface area contributed by atoms with Crippen molar-refractivity contribution in [3.8, 4) is 11.5 Å². The van der Waals surface area contributed by atoms with Gasteiger partial charge in [-0.15, -0.1) is 5.10 Å². The molecule has 51 heavy (non-hydrogen) atoms. The summed E-state index contributed by atoms with van der Waals surface area (Å²) >= 11 is 0. The molecule has 3 aliphatic rings. The lowest BCUT2D eigenvalue weighted by molar-refractivity contribution is -0.119. The van der Waals surface area contributed by atoms with Crippen LogP contribution in [0, 0.1) is 0 Å². The Labute approximate surface area is 294 Å². The highest BCUT2D eigenvalue weighted by Gasteiger charge is 2.68. The van der Waals surface area contributed by atoms with Gasteiger partial charge in [0.15, 0.2) is 17.5 Å². The third-order valence-electron chi connectivity index (χ3n) is 9.47. The predicted octanol–water partition coefficient (Wildman–Crippen LogP) is 5.78. The molecule has 15 nitrogen and oxygen atoms in total. The Morgan fingerprint density at radius 1 is 1.04 bits per heavy atom. The molecule has 1 saturated carbocycles. The first-order valence-corrected chi connectivity index (χ1v) is 16.8. The van der Waals surface area contributed by atoms with Crippen LogP contribution in [0.5, 0.6) is 11.5 Å². The fraction of sp³-hybridized carbons (Fsp3) is 0.444. The molecule has 4 aromatic rings. The molecular weight excluding hydrogens is 658 g/mol. The summed E-state index contributed by atoms with van der Waals surface area (Å²) in [6, 6.07) is 10.5. The molecule has 2 atom stereocenters. The molecule has 2 aromatic heterocycles. The number of morpholine rings is 1. The number of imide groups is 1. The van der Waals surface area contributed by atoms with Crippen molar-refractivity contribution in [3.05, 3.63) is 53.3 Å². The number of carbonyl (C=O) groups excluding carboxylic acids is 2. The van der Waals surface area contributed by atoms with E-state index in [0.717, 1.165) is 10.5 Å². The fourth-order valence-electron chi connectivity index (χ4n) is 6.98. The van der Waals surface area contributed by atoms with Crippen LogP contribution < -0.4 is 24.6 Å². The summed E-state index contributed by atoms with van der Waals surface area (Å²) < 4.78 is 23.8. The number of hydrogen-bond acceptors (Lipinski definition) is 12. The minimum Gasteiger partial charge on any atom is -0.497 e. The average Bonchev–Trinajstić information content (AvgIpc) is 3.68. The highest BCUT2D eigenvalue weighted by Crippen LogP contribution is 2.67. The summed E-state index contributed by atoms with van der Waals surface area (Å²) in [5.41, 5.74) is 0.182. The van der Waals surface area contributed by atoms with E-state index in [9.17, 15) is 19.5 Å². The minimum atomic E-state index is -1.35. The molecule has 15 heteroatoms. The lowest BCUT2D eigenvalue weighted by atomic mass is 9.91. The number of benzene rings is 2. The van der Waals surface area contributed by atoms with Crippen LogP contribution in [-0.2, 0) is 19.7 Å². The number of nitrogens with zero attached hydrogens (tertiary/aromatic N) is 6. The van der Waals surface area contributed by atoms with E-state index in [1.54, 1.807) is 46.1 Å². The third-order valence-corrected chi connectivity index (χ3v) is 9.47. The molecule has 2 aliphatic heterocycles. The summed E-state index contributed by atoms with van der Waals surface area (Å²) in [4.78, 5) is 52.3. The summed E-state index contributed by atoms with van der Waals surface area (Å²) in [7, 11) is 3.08. The number of rotatable bonds is 7. The molecule has 0 bridgehead atoms. The maximum absolute atomic E-state index is 13.8. The lowest BCUT2D eigenvalue weighted by Gasteiger charge is -2.30. The van der Waals surface area contributed by atoms with Crippen molar-refractivity contribution < 1.29 is 38.4 Å². The van der Waals surface area contributed by atoms with Crippen molar-refractivity contribution in [1.29, 1.82) is 0 Å². The number of fused-ring (bicyclic) bond motifs is 3. The van der Waals surface area contributed by atoms with Gasteiger partial charge in [-0.1, -0.05) is 19.9 Å². The van der Waals surface area contributed by atoms with E-state index in [1.807, 2.05) is 32.0 Å². The van der Waals surface area contributed by atoms with E-state index in [4.69, 9.17) is 34.0 Å². The summed E-state index contributed by atoms with van der Waals surface area (Å²) in [6.07, 6.45) is -1.66. The fourth-order valence-corrected chi connectivity index (χ4v) is 6.98. The van der Waals surface area contributed by atoms with E-state index in [1.165, 1.54) is 11.8 Å². The van der Waals surface area contributed by atoms with Crippen LogP contribution in [0.25, 0.3) is 10.9 Å². The van der Waals surface area contributed by atoms with Crippen LogP contribution >= 0.6 is 0 Å². The van der Waals surface area contributed by atoms with Gasteiger partial charge in [-0.3, -0.25) is 4.79 Å². The van der Waals surface area contributed by atoms with Gasteiger partial charge in [0.25, 0.3) is 0 Å². The molecule has 2 fully saturated rings. The van der Waals surface area contributed by atoms with Crippen molar-refractivity contribution in [2.45, 2.75) is 63.9 Å². The molecule has 4 heterocycles. The van der Waals surface area contributed by atoms with Crippen LogP contribution in [0.4, 0.5) is 32.7 Å². The van der Waals surface area contributed by atoms with E-state index in [2.05, 4.69) is 10.2 Å². The Hall–Kier alpha value is -5.44. The van der Waals surface area contributed by atoms with Crippen molar-refractivity contribution in [3.63, 3.8) is 0 Å². The number of anilines is 4. The van der Waals surface area contributed by atoms with Crippen LogP contribution in [0.2, 0.25) is 0 Å². The number of amides is 2. The summed E-state index contributed by atoms with van der Waals surface area (Å²) in [5, 5.41) is 18.6. The van der Waals surface area contributed by atoms with Gasteiger partial charge >= 0.3 is 12.2 Å². The molecule has 1 saturated heterocycles. The zero-order valence-electron chi connectivity index (χ0n) is 29.6. The molecule has 2 aromatic carbocycles. The van der Waals surface area contributed by atoms with Crippen molar-refractivity contribution in [2.75, 3.05) is 55.6 Å². The van der Waals surface area contributed by atoms with Gasteiger partial charge in [-0.05, 0) is 68.7 Å². The van der Waals surface area contributed by atoms with Crippen LogP contribution in [0.1, 0.15) is 69.8 Å². The van der Waals surface area contributed by atoms with Gasteiger partial charge in [0, 0.05) is 30.3 Å². The largest absolute Gasteiger partial charge is 0.497 e. The van der Waals surface area contributed by atoms with Gasteiger partial charge in [-0.25, -0.2) is 24.5 Å². The quantitative estimate of drug-likeness (QED) is 0.238. The molecule has 1 spiro atoms. The first-order chi connectivity index (χ1) is 24.3. The highest BCUT2D eigenvalue weighted by molar-refractivity contribution is 6.22. The van der Waals surface area contributed by atoms with E-state index in [0.29, 0.717) is 89.7 Å². The van der Waals surface area contributed by atoms with E-state index in [-0.39, 0.29) is 11.8 Å². The van der Waals surface area contributed by atoms with E-state index >= 15 is 0 Å². The number of carbonyl (C=O) groups is 3. The van der Waals surface area contributed by atoms with E-state index < -0.39 is 29.1 Å². The van der Waals surface area contributed by atoms with Gasteiger partial charge in [0.05, 0.1) is 44.1 Å². The minimum absolute atomic E-state index is 0.00109. The van der Waals surface area contributed by atoms with Crippen LogP contribution in [0.3, 0.4) is 0 Å². The number of hydrogen-bond donors (Lipinski definition) is 2. The molecule has 7 rings (SSSR count). The number of methoxy groups -OCH3 is 2. The third kappa shape index (κ3) is 5.74. The monoisotopic (exact) mass is 699 g/mol. The van der Waals surface area contributed by atoms with Crippen LogP contribution in [-0.4, -0.2) is 89.1 Å². The predicted molar refractivity (Wildman–Crippen MR) is 188 cm³/mol. The molecule has 2 amide bonds. The first kappa shape index (κ1) is 34.0. The molecule has 0 unspecified atom stereocenters. The Kier molecular flexibility index (Phi) is 8.28. The molecular formula is C36H41N7O8. The second-order valence-corrected chi connectivity index (χ2v) is 14.2. The Bertz CT molecular complexity index is 2070. The van der Waals surface area contributed by atoms with Gasteiger partial charge < -0.3 is 34.3 Å². The first-order valence-electron chi connectivity index (χ1n) is 16.8. The standard InChI is InChI=1S/C36H41N7O8/c1-19(2)28-37-30(27(49-7)31(39-28)41-12-14-50-15-13-41)38-29-22-10-8-20(16-26(22)43(40-29)34(47)51-35(3,4)5)24-18-36(24)23-17-21(48-6)9-11-25(23)42(32(36)44)33(45)46/h8-11,16-17,19,24H,12-15,18H2,1-7H3,(H,45,46)(H,37,38,39,40)/t24-,36-/m0/s1. The molecule has 0 radical (unpaired) electrons. The SMILES string of the molecule is COc1ccc2c(c1)[C@]1(C[C@H]1c1ccc3c(Nc4nc(C(C)C)nc(N5CCOCC5)c4OC)nn(C(=O)OC(C)(C)C)c3c1)C(=O)N2C(=O)O. The topological polar surface area (TPSA) is 170 Å². The number of ether oxygens (including phenoxy) is 4. The highest BCUT2D eigenvalue weighted by atomic mass is 16.6. The zero-order valence-corrected chi connectivity index (χ0v) is 29.6.